The van der Waals surface area contributed by atoms with Crippen molar-refractivity contribution in [3.63, 3.8) is 0 Å². The lowest BCUT2D eigenvalue weighted by Crippen LogP contribution is -2.35. The lowest BCUT2D eigenvalue weighted by atomic mass is 9.96. The van der Waals surface area contributed by atoms with Crippen molar-refractivity contribution in [1.29, 1.82) is 0 Å². The molecule has 3 heterocycles. The van der Waals surface area contributed by atoms with Gasteiger partial charge in [0.05, 0.1) is 17.5 Å². The molecule has 8 heteroatoms. The van der Waals surface area contributed by atoms with Crippen molar-refractivity contribution in [2.75, 3.05) is 5.73 Å². The molecule has 2 aliphatic rings. The van der Waals surface area contributed by atoms with E-state index in [1.54, 1.807) is 16.8 Å². The largest absolute Gasteiger partial charge is 0.381 e. The van der Waals surface area contributed by atoms with Gasteiger partial charge in [-0.05, 0) is 50.3 Å². The Kier molecular flexibility index (Phi) is 3.52. The number of benzene rings is 1. The number of Topliss-reactive ketones (excluding diaryl/α,β-unsaturated/α-hetero) is 1. The summed E-state index contributed by atoms with van der Waals surface area (Å²) in [5.41, 5.74) is 9.68. The number of nitrogen functional groups attached to an aromatic ring is 1. The van der Waals surface area contributed by atoms with Crippen molar-refractivity contribution in [3.05, 3.63) is 41.3 Å². The molecule has 1 amide bonds. The Hall–Kier alpha value is -3.29. The third kappa shape index (κ3) is 2.41. The van der Waals surface area contributed by atoms with Crippen LogP contribution in [-0.2, 0) is 6.54 Å². The number of aromatic nitrogens is 4. The summed E-state index contributed by atoms with van der Waals surface area (Å²) in [5, 5.41) is 4.24. The van der Waals surface area contributed by atoms with Gasteiger partial charge in [0.2, 0.25) is 0 Å². The van der Waals surface area contributed by atoms with E-state index in [1.807, 2.05) is 11.0 Å². The predicted octanol–water partition coefficient (Wildman–Crippen LogP) is 2.33. The van der Waals surface area contributed by atoms with E-state index >= 15 is 0 Å². The SMILES string of the molecule is CC(=O)c1cc(-c2cnc3c(N)ncnn23)cc2c1C(=O)N([C@@H](C)C1CC1)C2. The van der Waals surface area contributed by atoms with Crippen molar-refractivity contribution < 1.29 is 9.59 Å². The second-order valence-electron chi connectivity index (χ2n) is 7.65. The quantitative estimate of drug-likeness (QED) is 0.701. The van der Waals surface area contributed by atoms with Gasteiger partial charge in [0.1, 0.15) is 6.33 Å². The van der Waals surface area contributed by atoms with Gasteiger partial charge in [0.25, 0.3) is 5.91 Å². The summed E-state index contributed by atoms with van der Waals surface area (Å²) in [4.78, 5) is 35.6. The molecule has 0 radical (unpaired) electrons. The third-order valence-electron chi connectivity index (χ3n) is 5.84. The molecule has 0 spiro atoms. The minimum Gasteiger partial charge on any atom is -0.381 e. The molecular formula is C20H20N6O2. The van der Waals surface area contributed by atoms with Crippen LogP contribution >= 0.6 is 0 Å². The summed E-state index contributed by atoms with van der Waals surface area (Å²) in [5.74, 6) is 0.678. The molecule has 2 aromatic heterocycles. The molecule has 28 heavy (non-hydrogen) atoms. The molecule has 0 saturated heterocycles. The number of imidazole rings is 1. The number of carbonyl (C=O) groups excluding carboxylic acids is 2. The van der Waals surface area contributed by atoms with Gasteiger partial charge in [0, 0.05) is 23.7 Å². The molecule has 2 N–H and O–H groups in total. The number of rotatable bonds is 4. The fourth-order valence-corrected chi connectivity index (χ4v) is 4.10. The van der Waals surface area contributed by atoms with Gasteiger partial charge >= 0.3 is 0 Å². The minimum absolute atomic E-state index is 0.0455. The molecular weight excluding hydrogens is 356 g/mol. The van der Waals surface area contributed by atoms with E-state index in [-0.39, 0.29) is 23.6 Å². The number of amides is 1. The highest BCUT2D eigenvalue weighted by Crippen LogP contribution is 2.40. The molecule has 1 saturated carbocycles. The second kappa shape index (κ2) is 5.85. The molecule has 1 aliphatic carbocycles. The highest BCUT2D eigenvalue weighted by molar-refractivity contribution is 6.10. The Bertz CT molecular complexity index is 1150. The van der Waals surface area contributed by atoms with Crippen LogP contribution in [0.5, 0.6) is 0 Å². The maximum atomic E-state index is 13.1. The van der Waals surface area contributed by atoms with E-state index in [4.69, 9.17) is 5.73 Å². The van der Waals surface area contributed by atoms with Crippen molar-refractivity contribution in [2.45, 2.75) is 39.3 Å². The first-order chi connectivity index (χ1) is 13.5. The Morgan fingerprint density at radius 3 is 2.79 bits per heavy atom. The van der Waals surface area contributed by atoms with E-state index in [9.17, 15) is 9.59 Å². The smallest absolute Gasteiger partial charge is 0.255 e. The summed E-state index contributed by atoms with van der Waals surface area (Å²) in [6.07, 6.45) is 5.35. The van der Waals surface area contributed by atoms with E-state index in [2.05, 4.69) is 22.0 Å². The second-order valence-corrected chi connectivity index (χ2v) is 7.65. The average molecular weight is 376 g/mol. The summed E-state index contributed by atoms with van der Waals surface area (Å²) in [6, 6.07) is 3.90. The molecule has 0 bridgehead atoms. The van der Waals surface area contributed by atoms with Crippen LogP contribution in [0.4, 0.5) is 5.82 Å². The predicted molar refractivity (Wildman–Crippen MR) is 103 cm³/mol. The van der Waals surface area contributed by atoms with Gasteiger partial charge in [-0.25, -0.2) is 14.5 Å². The summed E-state index contributed by atoms with van der Waals surface area (Å²) in [6.45, 7) is 4.11. The van der Waals surface area contributed by atoms with Gasteiger partial charge in [-0.2, -0.15) is 5.10 Å². The van der Waals surface area contributed by atoms with Gasteiger partial charge < -0.3 is 10.6 Å². The number of carbonyl (C=O) groups is 2. The Balaban J connectivity index is 1.65. The topological polar surface area (TPSA) is 106 Å². The van der Waals surface area contributed by atoms with Crippen LogP contribution in [0.25, 0.3) is 16.9 Å². The lowest BCUT2D eigenvalue weighted by molar-refractivity contribution is 0.0694. The van der Waals surface area contributed by atoms with Crippen LogP contribution in [0, 0.1) is 5.92 Å². The van der Waals surface area contributed by atoms with Crippen LogP contribution in [0.2, 0.25) is 0 Å². The normalized spacial score (nSPS) is 17.2. The molecule has 142 valence electrons. The molecule has 3 aromatic rings. The van der Waals surface area contributed by atoms with Gasteiger partial charge in [0.15, 0.2) is 17.2 Å². The zero-order valence-corrected chi connectivity index (χ0v) is 15.7. The number of nitrogens with zero attached hydrogens (tertiary/aromatic N) is 5. The third-order valence-corrected chi connectivity index (χ3v) is 5.84. The van der Waals surface area contributed by atoms with E-state index in [1.165, 1.54) is 13.3 Å². The van der Waals surface area contributed by atoms with Gasteiger partial charge in [-0.15, -0.1) is 0 Å². The Labute approximate surface area is 161 Å². The molecule has 5 rings (SSSR count). The Morgan fingerprint density at radius 1 is 1.29 bits per heavy atom. The average Bonchev–Trinajstić information content (AvgIpc) is 3.35. The number of nitrogens with two attached hydrogens (primary N) is 1. The number of hydrogen-bond donors (Lipinski definition) is 1. The maximum Gasteiger partial charge on any atom is 0.255 e. The van der Waals surface area contributed by atoms with Crippen molar-refractivity contribution in [2.24, 2.45) is 5.92 Å². The summed E-state index contributed by atoms with van der Waals surface area (Å²) in [7, 11) is 0. The van der Waals surface area contributed by atoms with E-state index in [0.29, 0.717) is 34.9 Å². The van der Waals surface area contributed by atoms with Crippen LogP contribution in [-0.4, -0.2) is 42.2 Å². The first-order valence-corrected chi connectivity index (χ1v) is 9.39. The van der Waals surface area contributed by atoms with E-state index in [0.717, 1.165) is 24.0 Å². The molecule has 0 unspecified atom stereocenters. The van der Waals surface area contributed by atoms with Crippen molar-refractivity contribution in [3.8, 4) is 11.3 Å². The monoisotopic (exact) mass is 376 g/mol. The van der Waals surface area contributed by atoms with Crippen molar-refractivity contribution in [1.82, 2.24) is 24.5 Å². The first-order valence-electron chi connectivity index (χ1n) is 9.39. The molecule has 1 fully saturated rings. The van der Waals surface area contributed by atoms with Crippen LogP contribution in [0.3, 0.4) is 0 Å². The number of anilines is 1. The molecule has 1 atom stereocenters. The summed E-state index contributed by atoms with van der Waals surface area (Å²) < 4.78 is 1.61. The number of ketones is 1. The minimum atomic E-state index is -0.129. The molecule has 1 aliphatic heterocycles. The molecule has 1 aromatic carbocycles. The van der Waals surface area contributed by atoms with Crippen LogP contribution < -0.4 is 5.73 Å². The first kappa shape index (κ1) is 16.9. The van der Waals surface area contributed by atoms with Crippen LogP contribution in [0.15, 0.2) is 24.7 Å². The van der Waals surface area contributed by atoms with Gasteiger partial charge in [-0.3, -0.25) is 9.59 Å². The van der Waals surface area contributed by atoms with Crippen molar-refractivity contribution >= 4 is 23.2 Å². The zero-order valence-electron chi connectivity index (χ0n) is 15.7. The molecule has 8 nitrogen and oxygen atoms in total. The van der Waals surface area contributed by atoms with Gasteiger partial charge in [-0.1, -0.05) is 0 Å². The van der Waals surface area contributed by atoms with Crippen LogP contribution in [0.1, 0.15) is 53.0 Å². The highest BCUT2D eigenvalue weighted by atomic mass is 16.2. The lowest BCUT2D eigenvalue weighted by Gasteiger charge is -2.24. The highest BCUT2D eigenvalue weighted by Gasteiger charge is 2.40. The zero-order chi connectivity index (χ0) is 19.6. The maximum absolute atomic E-state index is 13.1. The summed E-state index contributed by atoms with van der Waals surface area (Å²) >= 11 is 0. The Morgan fingerprint density at radius 2 is 2.07 bits per heavy atom. The fourth-order valence-electron chi connectivity index (χ4n) is 4.10. The standard InChI is InChI=1S/C20H20N6O2/c1-10(12-3-4-12)25-8-14-5-13(6-15(11(2)27)17(14)20(25)28)16-7-22-19-18(21)23-9-24-26(16)19/h5-7,9-10,12H,3-4,8H2,1-2H3,(H2,21,23,24)/t10-/m0/s1. The van der Waals surface area contributed by atoms with E-state index < -0.39 is 0 Å². The fraction of sp³-hybridized carbons (Fsp3) is 0.350. The number of hydrogen-bond acceptors (Lipinski definition) is 6. The number of fused-ring (bicyclic) bond motifs is 2.